The molecule has 1 atom stereocenters. The Labute approximate surface area is 96.5 Å². The standard InChI is InChI=1S/C11H10ClFO3/c12-9-4-6(13)3-8-7(9)1-2-11(8,16)5-10(14)15/h3-4,16H,1-2,5H2,(H,14,15). The fourth-order valence-electron chi connectivity index (χ4n) is 2.17. The van der Waals surface area contributed by atoms with Gasteiger partial charge < -0.3 is 10.2 Å². The summed E-state index contributed by atoms with van der Waals surface area (Å²) in [6.45, 7) is 0. The monoisotopic (exact) mass is 244 g/mol. The maximum Gasteiger partial charge on any atom is 0.306 e. The fraction of sp³-hybridized carbons (Fsp3) is 0.364. The van der Waals surface area contributed by atoms with Gasteiger partial charge >= 0.3 is 5.97 Å². The maximum absolute atomic E-state index is 13.2. The Hall–Kier alpha value is -1.13. The molecule has 0 fully saturated rings. The lowest BCUT2D eigenvalue weighted by Crippen LogP contribution is -2.26. The minimum atomic E-state index is -1.49. The van der Waals surface area contributed by atoms with Crippen molar-refractivity contribution >= 4 is 17.6 Å². The molecule has 0 saturated carbocycles. The van der Waals surface area contributed by atoms with Crippen LogP contribution < -0.4 is 0 Å². The first-order valence-electron chi connectivity index (χ1n) is 4.85. The number of carboxylic acid groups (broad SMARTS) is 1. The Bertz CT molecular complexity index is 461. The van der Waals surface area contributed by atoms with Crippen LogP contribution in [0.3, 0.4) is 0 Å². The summed E-state index contributed by atoms with van der Waals surface area (Å²) < 4.78 is 13.2. The van der Waals surface area contributed by atoms with E-state index in [0.29, 0.717) is 17.5 Å². The molecule has 2 rings (SSSR count). The summed E-state index contributed by atoms with van der Waals surface area (Å²) in [5, 5.41) is 19.1. The van der Waals surface area contributed by atoms with Crippen molar-refractivity contribution in [3.63, 3.8) is 0 Å². The summed E-state index contributed by atoms with van der Waals surface area (Å²) in [7, 11) is 0. The van der Waals surface area contributed by atoms with Crippen molar-refractivity contribution in [1.82, 2.24) is 0 Å². The van der Waals surface area contributed by atoms with Crippen molar-refractivity contribution in [2.75, 3.05) is 0 Å². The first kappa shape index (κ1) is 11.4. The second-order valence-corrected chi connectivity index (χ2v) is 4.42. The second kappa shape index (κ2) is 3.71. The van der Waals surface area contributed by atoms with Crippen molar-refractivity contribution in [1.29, 1.82) is 0 Å². The molecule has 16 heavy (non-hydrogen) atoms. The molecule has 0 amide bonds. The van der Waals surface area contributed by atoms with Crippen LogP contribution in [0.4, 0.5) is 4.39 Å². The van der Waals surface area contributed by atoms with Crippen molar-refractivity contribution in [2.24, 2.45) is 0 Å². The van der Waals surface area contributed by atoms with E-state index in [0.717, 1.165) is 6.07 Å². The van der Waals surface area contributed by atoms with Gasteiger partial charge in [-0.1, -0.05) is 11.6 Å². The van der Waals surface area contributed by atoms with Crippen molar-refractivity contribution in [2.45, 2.75) is 24.9 Å². The second-order valence-electron chi connectivity index (χ2n) is 4.02. The zero-order chi connectivity index (χ0) is 11.9. The SMILES string of the molecule is O=C(O)CC1(O)CCc2c(Cl)cc(F)cc21. The lowest BCUT2D eigenvalue weighted by molar-refractivity contribution is -0.142. The summed E-state index contributed by atoms with van der Waals surface area (Å²) in [6, 6.07) is 2.34. The third kappa shape index (κ3) is 1.79. The molecule has 1 unspecified atom stereocenters. The largest absolute Gasteiger partial charge is 0.481 e. The van der Waals surface area contributed by atoms with Gasteiger partial charge in [-0.3, -0.25) is 4.79 Å². The van der Waals surface area contributed by atoms with Crippen LogP contribution in [0.5, 0.6) is 0 Å². The van der Waals surface area contributed by atoms with Crippen LogP contribution in [0.1, 0.15) is 24.0 Å². The van der Waals surface area contributed by atoms with E-state index in [1.165, 1.54) is 6.07 Å². The Morgan fingerprint density at radius 3 is 2.88 bits per heavy atom. The van der Waals surface area contributed by atoms with E-state index in [1.807, 2.05) is 0 Å². The van der Waals surface area contributed by atoms with Crippen LogP contribution in [-0.4, -0.2) is 16.2 Å². The third-order valence-corrected chi connectivity index (χ3v) is 3.23. The Morgan fingerprint density at radius 2 is 2.25 bits per heavy atom. The minimum Gasteiger partial charge on any atom is -0.481 e. The van der Waals surface area contributed by atoms with Crippen LogP contribution >= 0.6 is 11.6 Å². The predicted octanol–water partition coefficient (Wildman–Crippen LogP) is 2.09. The van der Waals surface area contributed by atoms with Gasteiger partial charge in [0.2, 0.25) is 0 Å². The van der Waals surface area contributed by atoms with Crippen molar-refractivity contribution in [3.8, 4) is 0 Å². The van der Waals surface area contributed by atoms with Crippen LogP contribution in [0.2, 0.25) is 5.02 Å². The molecular formula is C11H10ClFO3. The Kier molecular flexibility index (Phi) is 2.64. The average molecular weight is 245 g/mol. The van der Waals surface area contributed by atoms with Gasteiger partial charge in [-0.15, -0.1) is 0 Å². The number of hydrogen-bond acceptors (Lipinski definition) is 2. The van der Waals surface area contributed by atoms with Gasteiger partial charge in [-0.2, -0.15) is 0 Å². The summed E-state index contributed by atoms with van der Waals surface area (Å²) >= 11 is 5.84. The molecule has 86 valence electrons. The topological polar surface area (TPSA) is 57.5 Å². The first-order valence-corrected chi connectivity index (χ1v) is 5.23. The lowest BCUT2D eigenvalue weighted by Gasteiger charge is -2.21. The van der Waals surface area contributed by atoms with Gasteiger partial charge in [0.1, 0.15) is 11.4 Å². The summed E-state index contributed by atoms with van der Waals surface area (Å²) in [6.07, 6.45) is 0.301. The van der Waals surface area contributed by atoms with E-state index >= 15 is 0 Å². The molecule has 0 bridgehead atoms. The number of halogens is 2. The van der Waals surface area contributed by atoms with Gasteiger partial charge in [0, 0.05) is 5.02 Å². The Morgan fingerprint density at radius 1 is 1.56 bits per heavy atom. The first-order chi connectivity index (χ1) is 7.42. The van der Waals surface area contributed by atoms with E-state index in [1.54, 1.807) is 0 Å². The number of hydrogen-bond donors (Lipinski definition) is 2. The number of rotatable bonds is 2. The quantitative estimate of drug-likeness (QED) is 0.838. The normalized spacial score (nSPS) is 23.2. The average Bonchev–Trinajstić information content (AvgIpc) is 2.43. The molecule has 1 aliphatic carbocycles. The number of aliphatic hydroxyl groups is 1. The maximum atomic E-state index is 13.2. The number of benzene rings is 1. The highest BCUT2D eigenvalue weighted by Crippen LogP contribution is 2.42. The zero-order valence-electron chi connectivity index (χ0n) is 8.33. The van der Waals surface area contributed by atoms with Crippen LogP contribution in [0.25, 0.3) is 0 Å². The van der Waals surface area contributed by atoms with E-state index in [9.17, 15) is 14.3 Å². The van der Waals surface area contributed by atoms with Gasteiger partial charge in [-0.05, 0) is 36.1 Å². The minimum absolute atomic E-state index is 0.247. The van der Waals surface area contributed by atoms with Crippen LogP contribution in [0, 0.1) is 5.82 Å². The highest BCUT2D eigenvalue weighted by molar-refractivity contribution is 6.31. The molecule has 0 heterocycles. The molecule has 5 heteroatoms. The smallest absolute Gasteiger partial charge is 0.306 e. The number of carbonyl (C=O) groups is 1. The molecule has 0 saturated heterocycles. The molecule has 0 aromatic heterocycles. The van der Waals surface area contributed by atoms with Gasteiger partial charge in [0.25, 0.3) is 0 Å². The summed E-state index contributed by atoms with van der Waals surface area (Å²) in [5.41, 5.74) is -0.542. The van der Waals surface area contributed by atoms with Crippen LogP contribution in [-0.2, 0) is 16.8 Å². The highest BCUT2D eigenvalue weighted by atomic mass is 35.5. The lowest BCUT2D eigenvalue weighted by atomic mass is 9.92. The molecule has 1 aliphatic rings. The summed E-state index contributed by atoms with van der Waals surface area (Å²) in [5.74, 6) is -1.68. The van der Waals surface area contributed by atoms with Crippen molar-refractivity contribution < 1.29 is 19.4 Å². The van der Waals surface area contributed by atoms with Crippen molar-refractivity contribution in [3.05, 3.63) is 34.1 Å². The molecular weight excluding hydrogens is 235 g/mol. The molecule has 3 nitrogen and oxygen atoms in total. The van der Waals surface area contributed by atoms with Gasteiger partial charge in [0.05, 0.1) is 6.42 Å². The van der Waals surface area contributed by atoms with Gasteiger partial charge in [-0.25, -0.2) is 4.39 Å². The summed E-state index contributed by atoms with van der Waals surface area (Å²) in [4.78, 5) is 10.7. The van der Waals surface area contributed by atoms with E-state index < -0.39 is 23.8 Å². The van der Waals surface area contributed by atoms with E-state index in [4.69, 9.17) is 16.7 Å². The molecule has 0 aliphatic heterocycles. The zero-order valence-corrected chi connectivity index (χ0v) is 9.09. The third-order valence-electron chi connectivity index (χ3n) is 2.89. The number of aliphatic carboxylic acids is 1. The predicted molar refractivity (Wildman–Crippen MR) is 55.9 cm³/mol. The highest BCUT2D eigenvalue weighted by Gasteiger charge is 2.40. The molecule has 0 radical (unpaired) electrons. The molecule has 1 aromatic rings. The molecule has 0 spiro atoms. The molecule has 1 aromatic carbocycles. The fourth-order valence-corrected chi connectivity index (χ4v) is 2.47. The van der Waals surface area contributed by atoms with Gasteiger partial charge in [0.15, 0.2) is 0 Å². The molecule has 2 N–H and O–H groups in total. The van der Waals surface area contributed by atoms with E-state index in [-0.39, 0.29) is 11.4 Å². The van der Waals surface area contributed by atoms with E-state index in [2.05, 4.69) is 0 Å². The van der Waals surface area contributed by atoms with Crippen LogP contribution in [0.15, 0.2) is 12.1 Å². The number of carboxylic acids is 1. The number of fused-ring (bicyclic) bond motifs is 1. The Balaban J connectivity index is 2.49.